The number of hydrogen-bond donors (Lipinski definition) is 1. The van der Waals surface area contributed by atoms with E-state index in [1.54, 1.807) is 26.0 Å². The van der Waals surface area contributed by atoms with Crippen LogP contribution in [0.3, 0.4) is 0 Å². The first kappa shape index (κ1) is 13.9. The summed E-state index contributed by atoms with van der Waals surface area (Å²) in [7, 11) is 0. The topological polar surface area (TPSA) is 69.8 Å². The summed E-state index contributed by atoms with van der Waals surface area (Å²) in [5.41, 5.74) is 0.506. The normalized spacial score (nSPS) is 20.2. The van der Waals surface area contributed by atoms with Gasteiger partial charge in [-0.3, -0.25) is 0 Å². The fourth-order valence-electron chi connectivity index (χ4n) is 1.85. The number of halogens is 1. The summed E-state index contributed by atoms with van der Waals surface area (Å²) < 4.78 is 5.10. The molecule has 2 heterocycles. The molecular weight excluding hydrogens is 270 g/mol. The number of anilines is 1. The van der Waals surface area contributed by atoms with Crippen LogP contribution in [0.5, 0.6) is 0 Å². The van der Waals surface area contributed by atoms with E-state index in [1.807, 2.05) is 0 Å². The number of aliphatic hydroxyl groups excluding tert-OH is 1. The molecule has 19 heavy (non-hydrogen) atoms. The quantitative estimate of drug-likeness (QED) is 0.677. The van der Waals surface area contributed by atoms with Gasteiger partial charge < -0.3 is 14.5 Å². The predicted molar refractivity (Wildman–Crippen MR) is 71.0 cm³/mol. The van der Waals surface area contributed by atoms with Crippen LogP contribution in [-0.2, 0) is 4.87 Å². The molecule has 1 atom stereocenters. The molecule has 1 unspecified atom stereocenters. The molecule has 1 saturated heterocycles. The molecule has 2 rings (SSSR count). The molecule has 1 aromatic rings. The third kappa shape index (κ3) is 2.59. The zero-order valence-electron chi connectivity index (χ0n) is 10.8. The second-order valence-corrected chi connectivity index (χ2v) is 5.79. The van der Waals surface area contributed by atoms with Gasteiger partial charge in [-0.25, -0.2) is 9.69 Å². The molecule has 1 aliphatic heterocycles. The molecule has 0 radical (unpaired) electrons. The van der Waals surface area contributed by atoms with Crippen molar-refractivity contribution in [1.82, 2.24) is 10.1 Å². The Morgan fingerprint density at radius 2 is 2.42 bits per heavy atom. The molecule has 2 amide bonds. The number of alkyl halides is 1. The molecule has 0 bridgehead atoms. The third-order valence-electron chi connectivity index (χ3n) is 2.85. The summed E-state index contributed by atoms with van der Waals surface area (Å²) in [5, 5.41) is 13.8. The lowest BCUT2D eigenvalue weighted by molar-refractivity contribution is 0.176. The Morgan fingerprint density at radius 3 is 2.95 bits per heavy atom. The van der Waals surface area contributed by atoms with Crippen LogP contribution in [0.15, 0.2) is 23.2 Å². The molecule has 1 fully saturated rings. The number of carbonyl (C=O) groups excluding carboxylic acids is 1. The minimum Gasteiger partial charge on any atom is -0.371 e. The standard InChI is InChI=1S/C12H16ClN3O3/c1-4-5-15-7-9(17)16(11(15)18)10-6-8(14-19-10)12(2,3)13/h4,6,9,17H,1,5,7H2,2-3H3. The molecule has 1 aromatic heterocycles. The van der Waals surface area contributed by atoms with Crippen molar-refractivity contribution in [3.8, 4) is 0 Å². The van der Waals surface area contributed by atoms with Gasteiger partial charge in [0.05, 0.1) is 11.4 Å². The number of nitrogens with zero attached hydrogens (tertiary/aromatic N) is 3. The molecule has 1 aliphatic rings. The van der Waals surface area contributed by atoms with E-state index in [0.717, 1.165) is 4.90 Å². The van der Waals surface area contributed by atoms with Gasteiger partial charge >= 0.3 is 6.03 Å². The van der Waals surface area contributed by atoms with Crippen LogP contribution in [0.25, 0.3) is 0 Å². The maximum Gasteiger partial charge on any atom is 0.329 e. The van der Waals surface area contributed by atoms with E-state index in [-0.39, 0.29) is 18.5 Å². The average Bonchev–Trinajstić information content (AvgIpc) is 2.85. The Morgan fingerprint density at radius 1 is 1.74 bits per heavy atom. The van der Waals surface area contributed by atoms with Crippen LogP contribution < -0.4 is 4.90 Å². The molecule has 6 nitrogen and oxygen atoms in total. The second-order valence-electron chi connectivity index (χ2n) is 4.85. The number of aliphatic hydroxyl groups is 1. The van der Waals surface area contributed by atoms with Crippen molar-refractivity contribution in [2.75, 3.05) is 18.0 Å². The van der Waals surface area contributed by atoms with Crippen LogP contribution in [0.1, 0.15) is 19.5 Å². The van der Waals surface area contributed by atoms with Crippen LogP contribution in [0.2, 0.25) is 0 Å². The Bertz CT molecular complexity index is 495. The Hall–Kier alpha value is -1.53. The van der Waals surface area contributed by atoms with Crippen molar-refractivity contribution in [1.29, 1.82) is 0 Å². The highest BCUT2D eigenvalue weighted by atomic mass is 35.5. The zero-order chi connectivity index (χ0) is 14.2. The van der Waals surface area contributed by atoms with Gasteiger partial charge in [0.15, 0.2) is 6.23 Å². The van der Waals surface area contributed by atoms with E-state index in [0.29, 0.717) is 12.2 Å². The maximum atomic E-state index is 12.1. The van der Waals surface area contributed by atoms with Crippen LogP contribution >= 0.6 is 11.6 Å². The summed E-state index contributed by atoms with van der Waals surface area (Å²) in [6, 6.07) is 1.22. The highest BCUT2D eigenvalue weighted by Crippen LogP contribution is 2.31. The SMILES string of the molecule is C=CCN1CC(O)N(c2cc(C(C)(C)Cl)no2)C1=O. The first-order valence-corrected chi connectivity index (χ1v) is 6.25. The number of carbonyl (C=O) groups is 1. The van der Waals surface area contributed by atoms with Crippen molar-refractivity contribution >= 4 is 23.5 Å². The largest absolute Gasteiger partial charge is 0.371 e. The molecule has 7 heteroatoms. The number of hydrogen-bond acceptors (Lipinski definition) is 4. The lowest BCUT2D eigenvalue weighted by atomic mass is 10.1. The third-order valence-corrected chi connectivity index (χ3v) is 3.05. The monoisotopic (exact) mass is 285 g/mol. The Balaban J connectivity index is 2.24. The van der Waals surface area contributed by atoms with E-state index in [4.69, 9.17) is 16.1 Å². The van der Waals surface area contributed by atoms with Crippen molar-refractivity contribution in [2.45, 2.75) is 24.9 Å². The summed E-state index contributed by atoms with van der Waals surface area (Å²) in [5.74, 6) is 0.188. The molecule has 0 aromatic carbocycles. The molecule has 0 aliphatic carbocycles. The minimum atomic E-state index is -0.966. The fourth-order valence-corrected chi connectivity index (χ4v) is 1.93. The van der Waals surface area contributed by atoms with E-state index in [2.05, 4.69) is 11.7 Å². The lowest BCUT2D eigenvalue weighted by Gasteiger charge is -2.15. The van der Waals surface area contributed by atoms with Gasteiger partial charge in [-0.1, -0.05) is 11.2 Å². The van der Waals surface area contributed by atoms with Crippen molar-refractivity contribution in [3.05, 3.63) is 24.4 Å². The number of aromatic nitrogens is 1. The smallest absolute Gasteiger partial charge is 0.329 e. The molecular formula is C12H16ClN3O3. The van der Waals surface area contributed by atoms with Gasteiger partial charge in [-0.2, -0.15) is 0 Å². The van der Waals surface area contributed by atoms with E-state index < -0.39 is 11.1 Å². The molecule has 0 spiro atoms. The Labute approximate surface area is 116 Å². The van der Waals surface area contributed by atoms with E-state index in [1.165, 1.54) is 4.90 Å². The predicted octanol–water partition coefficient (Wildman–Crippen LogP) is 1.89. The Kier molecular flexibility index (Phi) is 3.56. The van der Waals surface area contributed by atoms with Gasteiger partial charge in [0.2, 0.25) is 5.88 Å². The van der Waals surface area contributed by atoms with E-state index in [9.17, 15) is 9.90 Å². The lowest BCUT2D eigenvalue weighted by Crippen LogP contribution is -2.34. The zero-order valence-corrected chi connectivity index (χ0v) is 11.6. The summed E-state index contributed by atoms with van der Waals surface area (Å²) >= 11 is 6.12. The van der Waals surface area contributed by atoms with Gasteiger partial charge in [-0.15, -0.1) is 18.2 Å². The summed E-state index contributed by atoms with van der Waals surface area (Å²) in [4.78, 5) is 14.0. The van der Waals surface area contributed by atoms with Gasteiger partial charge in [-0.05, 0) is 13.8 Å². The summed E-state index contributed by atoms with van der Waals surface area (Å²) in [6.07, 6.45) is 0.633. The summed E-state index contributed by atoms with van der Waals surface area (Å²) in [6.45, 7) is 7.67. The molecule has 1 N–H and O–H groups in total. The first-order chi connectivity index (χ1) is 8.84. The number of rotatable bonds is 4. The maximum absolute atomic E-state index is 12.1. The van der Waals surface area contributed by atoms with Crippen molar-refractivity contribution in [2.24, 2.45) is 0 Å². The highest BCUT2D eigenvalue weighted by Gasteiger charge is 2.39. The fraction of sp³-hybridized carbons (Fsp3) is 0.500. The van der Waals surface area contributed by atoms with Crippen molar-refractivity contribution < 1.29 is 14.4 Å². The number of β-amino-alcohol motifs (C(OH)–C–C–N with tert-alkyl or cyclic N) is 1. The van der Waals surface area contributed by atoms with E-state index >= 15 is 0 Å². The number of amides is 2. The van der Waals surface area contributed by atoms with Crippen LogP contribution in [0, 0.1) is 0 Å². The average molecular weight is 286 g/mol. The molecule has 0 saturated carbocycles. The second kappa shape index (κ2) is 4.86. The van der Waals surface area contributed by atoms with Gasteiger partial charge in [0, 0.05) is 12.6 Å². The first-order valence-electron chi connectivity index (χ1n) is 5.88. The van der Waals surface area contributed by atoms with Gasteiger partial charge in [0.25, 0.3) is 0 Å². The number of urea groups is 1. The van der Waals surface area contributed by atoms with Gasteiger partial charge in [0.1, 0.15) is 5.69 Å². The van der Waals surface area contributed by atoms with Crippen LogP contribution in [0.4, 0.5) is 10.7 Å². The van der Waals surface area contributed by atoms with Crippen LogP contribution in [-0.4, -0.2) is 40.5 Å². The molecule has 104 valence electrons. The van der Waals surface area contributed by atoms with Crippen molar-refractivity contribution in [3.63, 3.8) is 0 Å². The highest BCUT2D eigenvalue weighted by molar-refractivity contribution is 6.23. The minimum absolute atomic E-state index is 0.188.